The number of aryl methyl sites for hydroxylation is 1. The van der Waals surface area contributed by atoms with Gasteiger partial charge in [-0.15, -0.1) is 0 Å². The van der Waals surface area contributed by atoms with Gasteiger partial charge in [-0.05, 0) is 14.0 Å². The number of nitrogens with two attached hydrogens (primary N) is 1. The number of hydrogen-bond donors (Lipinski definition) is 1. The maximum atomic E-state index is 5.59. The molecule has 6 heteroatoms. The van der Waals surface area contributed by atoms with E-state index in [1.807, 2.05) is 6.92 Å². The molecular formula is C9H16N6. The van der Waals surface area contributed by atoms with Gasteiger partial charge in [0.1, 0.15) is 5.82 Å². The van der Waals surface area contributed by atoms with Gasteiger partial charge in [0.15, 0.2) is 0 Å². The maximum Gasteiger partial charge on any atom is 0.230 e. The Kier molecular flexibility index (Phi) is 2.68. The Morgan fingerprint density at radius 2 is 1.73 bits per heavy atom. The first kappa shape index (κ1) is 10.1. The van der Waals surface area contributed by atoms with Crippen molar-refractivity contribution in [1.29, 1.82) is 0 Å². The molecule has 0 aliphatic carbocycles. The van der Waals surface area contributed by atoms with E-state index >= 15 is 0 Å². The van der Waals surface area contributed by atoms with Crippen LogP contribution in [-0.2, 0) is 0 Å². The summed E-state index contributed by atoms with van der Waals surface area (Å²) in [6, 6.07) is 0. The molecule has 0 atom stereocenters. The molecule has 1 aromatic heterocycles. The molecule has 0 saturated carbocycles. The van der Waals surface area contributed by atoms with Crippen molar-refractivity contribution in [2.45, 2.75) is 6.92 Å². The Balaban J connectivity index is 2.15. The van der Waals surface area contributed by atoms with E-state index < -0.39 is 0 Å². The Morgan fingerprint density at radius 1 is 1.07 bits per heavy atom. The summed E-state index contributed by atoms with van der Waals surface area (Å²) in [5, 5.41) is 0. The molecule has 1 fully saturated rings. The molecule has 15 heavy (non-hydrogen) atoms. The molecule has 1 aliphatic rings. The molecule has 1 aromatic rings. The van der Waals surface area contributed by atoms with Crippen LogP contribution in [0.3, 0.4) is 0 Å². The van der Waals surface area contributed by atoms with Crippen LogP contribution in [0.5, 0.6) is 0 Å². The highest BCUT2D eigenvalue weighted by Crippen LogP contribution is 2.11. The first-order valence-corrected chi connectivity index (χ1v) is 5.07. The van der Waals surface area contributed by atoms with Crippen LogP contribution in [-0.4, -0.2) is 53.1 Å². The summed E-state index contributed by atoms with van der Waals surface area (Å²) in [6.45, 7) is 5.78. The minimum atomic E-state index is 0.302. The summed E-state index contributed by atoms with van der Waals surface area (Å²) in [7, 11) is 2.12. The van der Waals surface area contributed by atoms with Crippen molar-refractivity contribution in [1.82, 2.24) is 19.9 Å². The van der Waals surface area contributed by atoms with E-state index in [1.54, 1.807) is 0 Å². The zero-order valence-corrected chi connectivity index (χ0v) is 9.14. The summed E-state index contributed by atoms with van der Waals surface area (Å²) in [6.07, 6.45) is 0. The fourth-order valence-corrected chi connectivity index (χ4v) is 1.64. The summed E-state index contributed by atoms with van der Waals surface area (Å²) < 4.78 is 0. The molecule has 6 nitrogen and oxygen atoms in total. The van der Waals surface area contributed by atoms with E-state index in [0.717, 1.165) is 26.2 Å². The fourth-order valence-electron chi connectivity index (χ4n) is 1.64. The summed E-state index contributed by atoms with van der Waals surface area (Å²) in [5.41, 5.74) is 5.59. The molecule has 0 radical (unpaired) electrons. The van der Waals surface area contributed by atoms with Crippen LogP contribution in [0.2, 0.25) is 0 Å². The number of nitrogens with zero attached hydrogens (tertiary/aromatic N) is 5. The number of nitrogen functional groups attached to an aromatic ring is 1. The normalized spacial score (nSPS) is 18.1. The zero-order chi connectivity index (χ0) is 10.8. The Hall–Kier alpha value is -1.43. The first-order chi connectivity index (χ1) is 7.15. The van der Waals surface area contributed by atoms with Gasteiger partial charge in [0, 0.05) is 26.2 Å². The molecule has 82 valence electrons. The summed E-state index contributed by atoms with van der Waals surface area (Å²) in [5.74, 6) is 1.68. The maximum absolute atomic E-state index is 5.59. The van der Waals surface area contributed by atoms with Gasteiger partial charge in [-0.2, -0.15) is 15.0 Å². The standard InChI is InChI=1S/C9H16N6/c1-7-11-8(10)13-9(12-7)15-5-3-14(2)4-6-15/h3-6H2,1-2H3,(H2,10,11,12,13). The largest absolute Gasteiger partial charge is 0.368 e. The molecule has 0 aromatic carbocycles. The highest BCUT2D eigenvalue weighted by Gasteiger charge is 2.17. The lowest BCUT2D eigenvalue weighted by molar-refractivity contribution is 0.311. The number of aromatic nitrogens is 3. The highest BCUT2D eigenvalue weighted by molar-refractivity contribution is 5.35. The van der Waals surface area contributed by atoms with Crippen LogP contribution in [0.1, 0.15) is 5.82 Å². The van der Waals surface area contributed by atoms with E-state index in [9.17, 15) is 0 Å². The van der Waals surface area contributed by atoms with Gasteiger partial charge in [0.05, 0.1) is 0 Å². The third kappa shape index (κ3) is 2.33. The van der Waals surface area contributed by atoms with Crippen LogP contribution in [0.15, 0.2) is 0 Å². The minimum Gasteiger partial charge on any atom is -0.368 e. The van der Waals surface area contributed by atoms with Gasteiger partial charge in [-0.25, -0.2) is 0 Å². The molecule has 2 N–H and O–H groups in total. The predicted octanol–water partition coefficient (Wildman–Crippen LogP) is -0.486. The number of hydrogen-bond acceptors (Lipinski definition) is 6. The smallest absolute Gasteiger partial charge is 0.230 e. The van der Waals surface area contributed by atoms with Crippen molar-refractivity contribution in [3.05, 3.63) is 5.82 Å². The lowest BCUT2D eigenvalue weighted by atomic mass is 10.3. The molecule has 2 rings (SSSR count). The Morgan fingerprint density at radius 3 is 2.33 bits per heavy atom. The third-order valence-corrected chi connectivity index (χ3v) is 2.54. The van der Waals surface area contributed by atoms with Crippen molar-refractivity contribution < 1.29 is 0 Å². The molecule has 0 unspecified atom stereocenters. The lowest BCUT2D eigenvalue weighted by Gasteiger charge is -2.32. The van der Waals surface area contributed by atoms with Crippen molar-refractivity contribution >= 4 is 11.9 Å². The van der Waals surface area contributed by atoms with Crippen LogP contribution >= 0.6 is 0 Å². The van der Waals surface area contributed by atoms with E-state index in [2.05, 4.69) is 31.8 Å². The van der Waals surface area contributed by atoms with Gasteiger partial charge in [0.2, 0.25) is 11.9 Å². The van der Waals surface area contributed by atoms with Gasteiger partial charge in [-0.1, -0.05) is 0 Å². The first-order valence-electron chi connectivity index (χ1n) is 5.07. The topological polar surface area (TPSA) is 71.2 Å². The predicted molar refractivity (Wildman–Crippen MR) is 58.7 cm³/mol. The molecule has 0 amide bonds. The summed E-state index contributed by atoms with van der Waals surface area (Å²) >= 11 is 0. The van der Waals surface area contributed by atoms with Crippen molar-refractivity contribution in [2.75, 3.05) is 43.9 Å². The van der Waals surface area contributed by atoms with E-state index in [0.29, 0.717) is 17.7 Å². The van der Waals surface area contributed by atoms with E-state index in [-0.39, 0.29) is 0 Å². The van der Waals surface area contributed by atoms with Gasteiger partial charge in [-0.3, -0.25) is 0 Å². The van der Waals surface area contributed by atoms with Crippen molar-refractivity contribution in [3.8, 4) is 0 Å². The quantitative estimate of drug-likeness (QED) is 0.671. The zero-order valence-electron chi connectivity index (χ0n) is 9.14. The molecule has 1 saturated heterocycles. The second-order valence-corrected chi connectivity index (χ2v) is 3.83. The second-order valence-electron chi connectivity index (χ2n) is 3.83. The second kappa shape index (κ2) is 3.98. The van der Waals surface area contributed by atoms with E-state index in [1.165, 1.54) is 0 Å². The number of rotatable bonds is 1. The lowest BCUT2D eigenvalue weighted by Crippen LogP contribution is -2.45. The van der Waals surface area contributed by atoms with Gasteiger partial charge < -0.3 is 15.5 Å². The molecular weight excluding hydrogens is 192 g/mol. The highest BCUT2D eigenvalue weighted by atomic mass is 15.3. The number of piperazine rings is 1. The van der Waals surface area contributed by atoms with Crippen LogP contribution in [0.25, 0.3) is 0 Å². The van der Waals surface area contributed by atoms with Crippen LogP contribution in [0, 0.1) is 6.92 Å². The van der Waals surface area contributed by atoms with Crippen molar-refractivity contribution in [3.63, 3.8) is 0 Å². The van der Waals surface area contributed by atoms with Gasteiger partial charge >= 0.3 is 0 Å². The average molecular weight is 208 g/mol. The number of anilines is 2. The third-order valence-electron chi connectivity index (χ3n) is 2.54. The van der Waals surface area contributed by atoms with Crippen LogP contribution < -0.4 is 10.6 Å². The number of likely N-dealkylation sites (N-methyl/N-ethyl adjacent to an activating group) is 1. The summed E-state index contributed by atoms with van der Waals surface area (Å²) in [4.78, 5) is 16.8. The SMILES string of the molecule is Cc1nc(N)nc(N2CCN(C)CC2)n1. The average Bonchev–Trinajstić information content (AvgIpc) is 2.17. The molecule has 0 bridgehead atoms. The Bertz CT molecular complexity index is 324. The Labute approximate surface area is 89.1 Å². The fraction of sp³-hybridized carbons (Fsp3) is 0.667. The van der Waals surface area contributed by atoms with Crippen LogP contribution in [0.4, 0.5) is 11.9 Å². The molecule has 1 aliphatic heterocycles. The minimum absolute atomic E-state index is 0.302. The molecule has 0 spiro atoms. The van der Waals surface area contributed by atoms with Crippen molar-refractivity contribution in [2.24, 2.45) is 0 Å². The van der Waals surface area contributed by atoms with E-state index in [4.69, 9.17) is 5.73 Å². The molecule has 2 heterocycles. The monoisotopic (exact) mass is 208 g/mol. The van der Waals surface area contributed by atoms with Gasteiger partial charge in [0.25, 0.3) is 0 Å².